The molecule has 100 valence electrons. The Labute approximate surface area is 116 Å². The fourth-order valence-corrected chi connectivity index (χ4v) is 2.24. The van der Waals surface area contributed by atoms with Crippen LogP contribution in [0, 0.1) is 6.92 Å². The van der Waals surface area contributed by atoms with Crippen LogP contribution in [-0.4, -0.2) is 19.1 Å². The van der Waals surface area contributed by atoms with E-state index >= 15 is 0 Å². The van der Waals surface area contributed by atoms with E-state index in [0.29, 0.717) is 17.9 Å². The van der Waals surface area contributed by atoms with Crippen LogP contribution in [0.1, 0.15) is 25.3 Å². The number of hydrogen-bond donors (Lipinski definition) is 2. The van der Waals surface area contributed by atoms with E-state index in [1.165, 1.54) is 0 Å². The summed E-state index contributed by atoms with van der Waals surface area (Å²) in [5, 5.41) is 2.83. The Morgan fingerprint density at radius 3 is 2.78 bits per heavy atom. The van der Waals surface area contributed by atoms with Gasteiger partial charge in [0.05, 0.1) is 18.8 Å². The van der Waals surface area contributed by atoms with E-state index in [-0.39, 0.29) is 5.91 Å². The van der Waals surface area contributed by atoms with Crippen molar-refractivity contribution in [2.45, 2.75) is 32.7 Å². The molecule has 4 nitrogen and oxygen atoms in total. The van der Waals surface area contributed by atoms with E-state index in [9.17, 15) is 4.79 Å². The molecule has 0 aromatic heterocycles. The van der Waals surface area contributed by atoms with Crippen molar-refractivity contribution in [1.29, 1.82) is 0 Å². The Kier molecular flexibility index (Phi) is 5.62. The van der Waals surface area contributed by atoms with Gasteiger partial charge >= 0.3 is 0 Å². The Morgan fingerprint density at radius 2 is 2.22 bits per heavy atom. The van der Waals surface area contributed by atoms with Gasteiger partial charge in [0.25, 0.3) is 0 Å². The third-order valence-corrected chi connectivity index (χ3v) is 3.13. The van der Waals surface area contributed by atoms with Gasteiger partial charge in [0.1, 0.15) is 5.75 Å². The standard InChI is InChI=1S/C13H19BrN2O2/c1-4-5-10(15)13(17)16-12-8(2)6-9(14)7-11(12)18-3/h6-7,10H,4-5,15H2,1-3H3,(H,16,17)/t10-/m1/s1. The average molecular weight is 315 g/mol. The van der Waals surface area contributed by atoms with Crippen LogP contribution in [0.25, 0.3) is 0 Å². The quantitative estimate of drug-likeness (QED) is 0.878. The van der Waals surface area contributed by atoms with Crippen LogP contribution in [0.4, 0.5) is 5.69 Å². The second kappa shape index (κ2) is 6.75. The highest BCUT2D eigenvalue weighted by atomic mass is 79.9. The Hall–Kier alpha value is -1.07. The van der Waals surface area contributed by atoms with E-state index in [2.05, 4.69) is 21.2 Å². The molecular weight excluding hydrogens is 296 g/mol. The topological polar surface area (TPSA) is 64.4 Å². The summed E-state index contributed by atoms with van der Waals surface area (Å²) in [6.45, 7) is 3.91. The number of methoxy groups -OCH3 is 1. The first kappa shape index (κ1) is 15.0. The zero-order valence-electron chi connectivity index (χ0n) is 10.9. The highest BCUT2D eigenvalue weighted by molar-refractivity contribution is 9.10. The molecule has 0 aliphatic rings. The fourth-order valence-electron chi connectivity index (χ4n) is 1.69. The van der Waals surface area contributed by atoms with Gasteiger partial charge in [0, 0.05) is 4.47 Å². The SMILES string of the molecule is CCC[C@@H](N)C(=O)Nc1c(C)cc(Br)cc1OC. The van der Waals surface area contributed by atoms with Gasteiger partial charge in [0.2, 0.25) is 5.91 Å². The van der Waals surface area contributed by atoms with Crippen LogP contribution < -0.4 is 15.8 Å². The lowest BCUT2D eigenvalue weighted by Gasteiger charge is -2.16. The number of anilines is 1. The third-order valence-electron chi connectivity index (χ3n) is 2.67. The minimum absolute atomic E-state index is 0.180. The number of carbonyl (C=O) groups is 1. The minimum atomic E-state index is -0.484. The van der Waals surface area contributed by atoms with Gasteiger partial charge in [-0.25, -0.2) is 0 Å². The zero-order valence-corrected chi connectivity index (χ0v) is 12.5. The van der Waals surface area contributed by atoms with Gasteiger partial charge in [-0.2, -0.15) is 0 Å². The number of amides is 1. The average Bonchev–Trinajstić information content (AvgIpc) is 2.32. The van der Waals surface area contributed by atoms with Gasteiger partial charge in [-0.3, -0.25) is 4.79 Å². The number of ether oxygens (including phenoxy) is 1. The van der Waals surface area contributed by atoms with Crippen molar-refractivity contribution >= 4 is 27.5 Å². The molecule has 0 unspecified atom stereocenters. The summed E-state index contributed by atoms with van der Waals surface area (Å²) in [5.41, 5.74) is 7.39. The minimum Gasteiger partial charge on any atom is -0.495 e. The van der Waals surface area contributed by atoms with E-state index in [0.717, 1.165) is 16.5 Å². The van der Waals surface area contributed by atoms with Crippen LogP contribution >= 0.6 is 15.9 Å². The summed E-state index contributed by atoms with van der Waals surface area (Å²) in [6.07, 6.45) is 1.55. The van der Waals surface area contributed by atoms with Crippen LogP contribution in [-0.2, 0) is 4.79 Å². The lowest BCUT2D eigenvalue weighted by Crippen LogP contribution is -2.35. The molecular formula is C13H19BrN2O2. The molecule has 18 heavy (non-hydrogen) atoms. The van der Waals surface area contributed by atoms with Crippen molar-refractivity contribution in [3.05, 3.63) is 22.2 Å². The molecule has 5 heteroatoms. The summed E-state index contributed by atoms with van der Waals surface area (Å²) in [7, 11) is 1.57. The lowest BCUT2D eigenvalue weighted by molar-refractivity contribution is -0.117. The number of nitrogens with two attached hydrogens (primary N) is 1. The third kappa shape index (κ3) is 3.71. The fraction of sp³-hybridized carbons (Fsp3) is 0.462. The van der Waals surface area contributed by atoms with Gasteiger partial charge in [-0.15, -0.1) is 0 Å². The Morgan fingerprint density at radius 1 is 1.56 bits per heavy atom. The number of aryl methyl sites for hydroxylation is 1. The van der Waals surface area contributed by atoms with Crippen molar-refractivity contribution in [2.24, 2.45) is 5.73 Å². The second-order valence-corrected chi connectivity index (χ2v) is 5.10. The summed E-state index contributed by atoms with van der Waals surface area (Å²) in [5.74, 6) is 0.444. The normalized spacial score (nSPS) is 12.1. The molecule has 1 rings (SSSR count). The maximum Gasteiger partial charge on any atom is 0.241 e. The van der Waals surface area contributed by atoms with E-state index in [1.807, 2.05) is 26.0 Å². The molecule has 0 aliphatic heterocycles. The summed E-state index contributed by atoms with van der Waals surface area (Å²) >= 11 is 3.39. The maximum atomic E-state index is 11.9. The highest BCUT2D eigenvalue weighted by Crippen LogP contribution is 2.32. The first-order chi connectivity index (χ1) is 8.49. The van der Waals surface area contributed by atoms with Crippen LogP contribution in [0.2, 0.25) is 0 Å². The molecule has 0 fully saturated rings. The number of hydrogen-bond acceptors (Lipinski definition) is 3. The van der Waals surface area contributed by atoms with Gasteiger partial charge in [-0.1, -0.05) is 29.3 Å². The summed E-state index contributed by atoms with van der Waals surface area (Å²) in [4.78, 5) is 11.9. The van der Waals surface area contributed by atoms with Gasteiger partial charge in [-0.05, 0) is 31.0 Å². The molecule has 0 heterocycles. The first-order valence-electron chi connectivity index (χ1n) is 5.90. The molecule has 1 amide bonds. The summed E-state index contributed by atoms with van der Waals surface area (Å²) in [6, 6.07) is 3.25. The zero-order chi connectivity index (χ0) is 13.7. The van der Waals surface area contributed by atoms with Crippen LogP contribution in [0.15, 0.2) is 16.6 Å². The van der Waals surface area contributed by atoms with Gasteiger partial charge in [0.15, 0.2) is 0 Å². The molecule has 1 atom stereocenters. The van der Waals surface area contributed by atoms with Crippen LogP contribution in [0.3, 0.4) is 0 Å². The predicted octanol–water partition coefficient (Wildman–Crippen LogP) is 2.83. The van der Waals surface area contributed by atoms with Crippen molar-refractivity contribution in [3.63, 3.8) is 0 Å². The number of nitrogens with one attached hydrogen (secondary N) is 1. The van der Waals surface area contributed by atoms with Crippen molar-refractivity contribution in [1.82, 2.24) is 0 Å². The van der Waals surface area contributed by atoms with Crippen molar-refractivity contribution in [3.8, 4) is 5.75 Å². The molecule has 0 aliphatic carbocycles. The number of carbonyl (C=O) groups excluding carboxylic acids is 1. The van der Waals surface area contributed by atoms with Crippen molar-refractivity contribution < 1.29 is 9.53 Å². The predicted molar refractivity (Wildman–Crippen MR) is 76.9 cm³/mol. The molecule has 0 radical (unpaired) electrons. The van der Waals surface area contributed by atoms with Crippen LogP contribution in [0.5, 0.6) is 5.75 Å². The maximum absolute atomic E-state index is 11.9. The number of halogens is 1. The smallest absolute Gasteiger partial charge is 0.241 e. The molecule has 0 spiro atoms. The summed E-state index contributed by atoms with van der Waals surface area (Å²) < 4.78 is 6.17. The van der Waals surface area contributed by atoms with Gasteiger partial charge < -0.3 is 15.8 Å². The molecule has 0 saturated carbocycles. The van der Waals surface area contributed by atoms with E-state index in [1.54, 1.807) is 7.11 Å². The van der Waals surface area contributed by atoms with E-state index < -0.39 is 6.04 Å². The molecule has 0 bridgehead atoms. The number of benzene rings is 1. The Bertz CT molecular complexity index is 435. The first-order valence-corrected chi connectivity index (χ1v) is 6.69. The second-order valence-electron chi connectivity index (χ2n) is 4.18. The lowest BCUT2D eigenvalue weighted by atomic mass is 10.1. The number of rotatable bonds is 5. The monoisotopic (exact) mass is 314 g/mol. The molecule has 0 saturated heterocycles. The molecule has 3 N–H and O–H groups in total. The van der Waals surface area contributed by atoms with Crippen molar-refractivity contribution in [2.75, 3.05) is 12.4 Å². The Balaban J connectivity index is 2.93. The molecule has 1 aromatic carbocycles. The largest absolute Gasteiger partial charge is 0.495 e. The highest BCUT2D eigenvalue weighted by Gasteiger charge is 2.16. The molecule has 1 aromatic rings. The van der Waals surface area contributed by atoms with E-state index in [4.69, 9.17) is 10.5 Å².